The highest BCUT2D eigenvalue weighted by molar-refractivity contribution is 7.91. The molecule has 0 saturated carbocycles. The van der Waals surface area contributed by atoms with Gasteiger partial charge in [0.15, 0.2) is 9.84 Å². The van der Waals surface area contributed by atoms with E-state index < -0.39 is 9.84 Å². The smallest absolute Gasteiger partial charge is 0.222 e. The van der Waals surface area contributed by atoms with Gasteiger partial charge in [-0.05, 0) is 43.5 Å². The average molecular weight is 351 g/mol. The molecule has 2 fully saturated rings. The van der Waals surface area contributed by atoms with E-state index in [-0.39, 0.29) is 23.5 Å². The van der Waals surface area contributed by atoms with Crippen LogP contribution >= 0.6 is 0 Å². The predicted octanol–water partition coefficient (Wildman–Crippen LogP) is 1.39. The summed E-state index contributed by atoms with van der Waals surface area (Å²) < 4.78 is 22.8. The molecule has 2 saturated heterocycles. The molecular weight excluding hydrogens is 326 g/mol. The summed E-state index contributed by atoms with van der Waals surface area (Å²) in [6, 6.07) is 8.07. The van der Waals surface area contributed by atoms with Crippen molar-refractivity contribution >= 4 is 27.1 Å². The maximum atomic E-state index is 11.9. The standard InChI is InChI=1S/C17H25N3O3S/c21-17(19-15-8-12-24(22,23)13-15)7-9-18-14-3-5-16(6-4-14)20-10-1-2-11-20/h3-6,15,18H,1-2,7-13H2,(H,19,21). The van der Waals surface area contributed by atoms with Crippen molar-refractivity contribution in [3.63, 3.8) is 0 Å². The third-order valence-corrected chi connectivity index (χ3v) is 6.39. The molecule has 6 nitrogen and oxygen atoms in total. The van der Waals surface area contributed by atoms with E-state index in [1.54, 1.807) is 0 Å². The lowest BCUT2D eigenvalue weighted by Crippen LogP contribution is -2.36. The molecule has 2 aliphatic heterocycles. The van der Waals surface area contributed by atoms with Crippen LogP contribution in [-0.2, 0) is 14.6 Å². The van der Waals surface area contributed by atoms with Crippen molar-refractivity contribution < 1.29 is 13.2 Å². The van der Waals surface area contributed by atoms with Gasteiger partial charge in [-0.2, -0.15) is 0 Å². The monoisotopic (exact) mass is 351 g/mol. The molecule has 7 heteroatoms. The summed E-state index contributed by atoms with van der Waals surface area (Å²) in [7, 11) is -2.95. The molecule has 1 amide bonds. The van der Waals surface area contributed by atoms with Crippen molar-refractivity contribution in [1.82, 2.24) is 5.32 Å². The number of nitrogens with zero attached hydrogens (tertiary/aromatic N) is 1. The highest BCUT2D eigenvalue weighted by Gasteiger charge is 2.28. The van der Waals surface area contributed by atoms with Gasteiger partial charge in [0.2, 0.25) is 5.91 Å². The molecule has 0 radical (unpaired) electrons. The second-order valence-electron chi connectivity index (χ2n) is 6.59. The lowest BCUT2D eigenvalue weighted by atomic mass is 10.2. The summed E-state index contributed by atoms with van der Waals surface area (Å²) in [4.78, 5) is 14.3. The normalized spacial score (nSPS) is 22.5. The SMILES string of the molecule is O=C(CCNc1ccc(N2CCCC2)cc1)NC1CCS(=O)(=O)C1. The number of sulfone groups is 1. The molecule has 0 spiro atoms. The zero-order valence-corrected chi connectivity index (χ0v) is 14.6. The number of amides is 1. The van der Waals surface area contributed by atoms with Crippen molar-refractivity contribution in [3.8, 4) is 0 Å². The van der Waals surface area contributed by atoms with E-state index in [1.165, 1.54) is 18.5 Å². The van der Waals surface area contributed by atoms with E-state index in [4.69, 9.17) is 0 Å². The summed E-state index contributed by atoms with van der Waals surface area (Å²) in [5, 5.41) is 6.04. The fraction of sp³-hybridized carbons (Fsp3) is 0.588. The quantitative estimate of drug-likeness (QED) is 0.810. The molecule has 0 aromatic heterocycles. The molecule has 2 N–H and O–H groups in total. The van der Waals surface area contributed by atoms with Gasteiger partial charge in [-0.3, -0.25) is 4.79 Å². The number of hydrogen-bond acceptors (Lipinski definition) is 5. The second kappa shape index (κ2) is 7.42. The highest BCUT2D eigenvalue weighted by atomic mass is 32.2. The molecule has 0 aliphatic carbocycles. The molecular formula is C17H25N3O3S. The Balaban J connectivity index is 1.39. The van der Waals surface area contributed by atoms with E-state index in [1.807, 2.05) is 12.1 Å². The minimum atomic E-state index is -2.95. The number of benzene rings is 1. The van der Waals surface area contributed by atoms with Crippen LogP contribution < -0.4 is 15.5 Å². The predicted molar refractivity (Wildman–Crippen MR) is 96.2 cm³/mol. The molecule has 0 bridgehead atoms. The van der Waals surface area contributed by atoms with Crippen LogP contribution in [0.2, 0.25) is 0 Å². The summed E-state index contributed by atoms with van der Waals surface area (Å²) in [5.74, 6) is 0.155. The van der Waals surface area contributed by atoms with E-state index >= 15 is 0 Å². The Kier molecular flexibility index (Phi) is 5.28. The summed E-state index contributed by atoms with van der Waals surface area (Å²) in [5.41, 5.74) is 2.24. The van der Waals surface area contributed by atoms with Crippen LogP contribution in [0.3, 0.4) is 0 Å². The Morgan fingerprint density at radius 3 is 2.50 bits per heavy atom. The number of carbonyl (C=O) groups is 1. The maximum Gasteiger partial charge on any atom is 0.222 e. The number of nitrogens with one attached hydrogen (secondary N) is 2. The zero-order valence-electron chi connectivity index (χ0n) is 13.8. The Bertz CT molecular complexity index is 667. The van der Waals surface area contributed by atoms with Crippen molar-refractivity contribution in [2.75, 3.05) is 41.4 Å². The Hall–Kier alpha value is -1.76. The second-order valence-corrected chi connectivity index (χ2v) is 8.81. The van der Waals surface area contributed by atoms with Crippen LogP contribution in [0.25, 0.3) is 0 Å². The molecule has 132 valence electrons. The number of hydrogen-bond donors (Lipinski definition) is 2. The Morgan fingerprint density at radius 2 is 1.88 bits per heavy atom. The van der Waals surface area contributed by atoms with Crippen molar-refractivity contribution in [3.05, 3.63) is 24.3 Å². The lowest BCUT2D eigenvalue weighted by Gasteiger charge is -2.18. The molecule has 1 atom stereocenters. The van der Waals surface area contributed by atoms with Crippen LogP contribution in [0.15, 0.2) is 24.3 Å². The van der Waals surface area contributed by atoms with Crippen molar-refractivity contribution in [2.24, 2.45) is 0 Å². The van der Waals surface area contributed by atoms with Gasteiger partial charge >= 0.3 is 0 Å². The molecule has 1 aromatic carbocycles. The molecule has 24 heavy (non-hydrogen) atoms. The van der Waals surface area contributed by atoms with Crippen molar-refractivity contribution in [1.29, 1.82) is 0 Å². The summed E-state index contributed by atoms with van der Waals surface area (Å²) >= 11 is 0. The first-order valence-corrected chi connectivity index (χ1v) is 10.4. The minimum absolute atomic E-state index is 0.0735. The van der Waals surface area contributed by atoms with Gasteiger partial charge in [0.25, 0.3) is 0 Å². The third kappa shape index (κ3) is 4.63. The molecule has 2 aliphatic rings. The summed E-state index contributed by atoms with van der Waals surface area (Å²) in [6.07, 6.45) is 3.39. The first kappa shape index (κ1) is 17.1. The van der Waals surface area contributed by atoms with Crippen molar-refractivity contribution in [2.45, 2.75) is 31.7 Å². The minimum Gasteiger partial charge on any atom is -0.385 e. The van der Waals surface area contributed by atoms with E-state index in [0.29, 0.717) is 19.4 Å². The fourth-order valence-electron chi connectivity index (χ4n) is 3.29. The lowest BCUT2D eigenvalue weighted by molar-refractivity contribution is -0.121. The van der Waals surface area contributed by atoms with Crippen LogP contribution in [0, 0.1) is 0 Å². The molecule has 2 heterocycles. The van der Waals surface area contributed by atoms with Crippen LogP contribution in [0.1, 0.15) is 25.7 Å². The Labute approximate surface area is 143 Å². The van der Waals surface area contributed by atoms with E-state index in [9.17, 15) is 13.2 Å². The number of anilines is 2. The molecule has 1 aromatic rings. The van der Waals surface area contributed by atoms with Gasteiger partial charge in [-0.1, -0.05) is 0 Å². The van der Waals surface area contributed by atoms with Crippen LogP contribution in [0.5, 0.6) is 0 Å². The first-order chi connectivity index (χ1) is 11.5. The highest BCUT2D eigenvalue weighted by Crippen LogP contribution is 2.22. The average Bonchev–Trinajstić information content (AvgIpc) is 3.18. The van der Waals surface area contributed by atoms with Crippen LogP contribution in [-0.4, -0.2) is 51.5 Å². The zero-order chi connectivity index (χ0) is 17.0. The summed E-state index contributed by atoms with van der Waals surface area (Å²) in [6.45, 7) is 2.79. The Morgan fingerprint density at radius 1 is 1.17 bits per heavy atom. The maximum absolute atomic E-state index is 11.9. The van der Waals surface area contributed by atoms with E-state index in [2.05, 4.69) is 27.7 Å². The van der Waals surface area contributed by atoms with Gasteiger partial charge < -0.3 is 15.5 Å². The van der Waals surface area contributed by atoms with Crippen LogP contribution in [0.4, 0.5) is 11.4 Å². The topological polar surface area (TPSA) is 78.5 Å². The van der Waals surface area contributed by atoms with E-state index in [0.717, 1.165) is 18.8 Å². The molecule has 1 unspecified atom stereocenters. The van der Waals surface area contributed by atoms with Gasteiger partial charge in [0.1, 0.15) is 0 Å². The number of carbonyl (C=O) groups excluding carboxylic acids is 1. The third-order valence-electron chi connectivity index (χ3n) is 4.62. The van der Waals surface area contributed by atoms with Gasteiger partial charge in [-0.25, -0.2) is 8.42 Å². The first-order valence-electron chi connectivity index (χ1n) is 8.60. The fourth-order valence-corrected chi connectivity index (χ4v) is 4.97. The largest absolute Gasteiger partial charge is 0.385 e. The van der Waals surface area contributed by atoms with Gasteiger partial charge in [-0.15, -0.1) is 0 Å². The number of rotatable bonds is 6. The molecule has 3 rings (SSSR count). The van der Waals surface area contributed by atoms with Gasteiger partial charge in [0, 0.05) is 43.5 Å². The van der Waals surface area contributed by atoms with Gasteiger partial charge in [0.05, 0.1) is 11.5 Å².